The Kier molecular flexibility index (Phi) is 5.02. The third-order valence-corrected chi connectivity index (χ3v) is 3.30. The second kappa shape index (κ2) is 6.76. The summed E-state index contributed by atoms with van der Waals surface area (Å²) in [6, 6.07) is 8.12. The van der Waals surface area contributed by atoms with Crippen LogP contribution in [0.1, 0.15) is 31.4 Å². The molecule has 0 saturated heterocycles. The van der Waals surface area contributed by atoms with Gasteiger partial charge in [0.25, 0.3) is 0 Å². The maximum absolute atomic E-state index is 6.05. The van der Waals surface area contributed by atoms with E-state index in [1.165, 1.54) is 12.8 Å². The maximum Gasteiger partial charge on any atom is 0.124 e. The number of hydrogen-bond acceptors (Lipinski definition) is 3. The number of methoxy groups -OCH3 is 1. The zero-order chi connectivity index (χ0) is 12.8. The van der Waals surface area contributed by atoms with Gasteiger partial charge in [-0.1, -0.05) is 25.1 Å². The number of ether oxygens (including phenoxy) is 2. The molecule has 1 atom stereocenters. The molecule has 3 nitrogen and oxygen atoms in total. The Morgan fingerprint density at radius 1 is 1.33 bits per heavy atom. The molecular weight excluding hydrogens is 226 g/mol. The maximum atomic E-state index is 6.05. The summed E-state index contributed by atoms with van der Waals surface area (Å²) in [5.41, 5.74) is 1.14. The van der Waals surface area contributed by atoms with E-state index >= 15 is 0 Å². The molecule has 0 spiro atoms. The van der Waals surface area contributed by atoms with Crippen LogP contribution >= 0.6 is 0 Å². The number of nitrogens with one attached hydrogen (secondary N) is 1. The predicted molar refractivity (Wildman–Crippen MR) is 73.0 cm³/mol. The lowest BCUT2D eigenvalue weighted by Gasteiger charge is -2.20. The minimum Gasteiger partial charge on any atom is -0.496 e. The van der Waals surface area contributed by atoms with Crippen molar-refractivity contribution >= 4 is 0 Å². The van der Waals surface area contributed by atoms with Crippen molar-refractivity contribution in [3.63, 3.8) is 0 Å². The first-order chi connectivity index (χ1) is 8.85. The van der Waals surface area contributed by atoms with E-state index in [2.05, 4.69) is 18.3 Å². The van der Waals surface area contributed by atoms with Crippen molar-refractivity contribution in [3.8, 4) is 5.75 Å². The van der Waals surface area contributed by atoms with Crippen LogP contribution in [0.3, 0.4) is 0 Å². The molecule has 1 saturated carbocycles. The summed E-state index contributed by atoms with van der Waals surface area (Å²) in [6.45, 7) is 4.77. The second-order valence-corrected chi connectivity index (χ2v) is 4.81. The van der Waals surface area contributed by atoms with Gasteiger partial charge in [0.1, 0.15) is 5.75 Å². The lowest BCUT2D eigenvalue weighted by molar-refractivity contribution is 0.0440. The van der Waals surface area contributed by atoms with Crippen molar-refractivity contribution in [1.29, 1.82) is 0 Å². The molecule has 1 aromatic carbocycles. The minimum atomic E-state index is 0.0849. The average molecular weight is 249 g/mol. The van der Waals surface area contributed by atoms with Crippen molar-refractivity contribution in [1.82, 2.24) is 5.32 Å². The van der Waals surface area contributed by atoms with Crippen molar-refractivity contribution < 1.29 is 9.47 Å². The predicted octanol–water partition coefficient (Wildman–Crippen LogP) is 2.77. The van der Waals surface area contributed by atoms with Crippen LogP contribution in [0.25, 0.3) is 0 Å². The zero-order valence-electron chi connectivity index (χ0n) is 11.3. The van der Waals surface area contributed by atoms with E-state index in [-0.39, 0.29) is 6.10 Å². The second-order valence-electron chi connectivity index (χ2n) is 4.81. The third kappa shape index (κ3) is 3.72. The lowest BCUT2D eigenvalue weighted by Crippen LogP contribution is -2.24. The summed E-state index contributed by atoms with van der Waals surface area (Å²) in [4.78, 5) is 0. The van der Waals surface area contributed by atoms with Crippen molar-refractivity contribution in [2.24, 2.45) is 5.92 Å². The molecule has 0 heterocycles. The highest BCUT2D eigenvalue weighted by molar-refractivity contribution is 5.35. The summed E-state index contributed by atoms with van der Waals surface area (Å²) in [5.74, 6) is 1.69. The van der Waals surface area contributed by atoms with Gasteiger partial charge in [0.15, 0.2) is 0 Å². The molecule has 1 aliphatic rings. The van der Waals surface area contributed by atoms with Crippen LogP contribution in [-0.4, -0.2) is 26.8 Å². The zero-order valence-corrected chi connectivity index (χ0v) is 11.3. The number of rotatable bonds is 8. The first-order valence-electron chi connectivity index (χ1n) is 6.80. The highest BCUT2D eigenvalue weighted by Gasteiger charge is 2.24. The Morgan fingerprint density at radius 3 is 2.78 bits per heavy atom. The van der Waals surface area contributed by atoms with E-state index in [1.54, 1.807) is 7.11 Å². The average Bonchev–Trinajstić information content (AvgIpc) is 3.23. The van der Waals surface area contributed by atoms with Gasteiger partial charge in [-0.25, -0.2) is 0 Å². The Hall–Kier alpha value is -1.06. The first kappa shape index (κ1) is 13.4. The molecule has 0 aliphatic heterocycles. The van der Waals surface area contributed by atoms with E-state index in [1.807, 2.05) is 18.2 Å². The Morgan fingerprint density at radius 2 is 2.11 bits per heavy atom. The highest BCUT2D eigenvalue weighted by atomic mass is 16.5. The number of likely N-dealkylation sites (N-methyl/N-ethyl adjacent to an activating group) is 1. The van der Waals surface area contributed by atoms with E-state index in [0.29, 0.717) is 0 Å². The van der Waals surface area contributed by atoms with Gasteiger partial charge in [0.2, 0.25) is 0 Å². The normalized spacial score (nSPS) is 16.6. The molecule has 1 aliphatic carbocycles. The first-order valence-corrected chi connectivity index (χ1v) is 6.80. The van der Waals surface area contributed by atoms with Crippen molar-refractivity contribution in [3.05, 3.63) is 29.8 Å². The molecule has 1 N–H and O–H groups in total. The standard InChI is InChI=1S/C15H23NO2/c1-3-16-10-15(18-11-12-8-9-12)13-6-4-5-7-14(13)17-2/h4-7,12,15-16H,3,8-11H2,1-2H3. The Balaban J connectivity index is 2.04. The van der Waals surface area contributed by atoms with Crippen LogP contribution in [0.15, 0.2) is 24.3 Å². The summed E-state index contributed by atoms with van der Waals surface area (Å²) in [5, 5.41) is 3.36. The third-order valence-electron chi connectivity index (χ3n) is 3.30. The van der Waals surface area contributed by atoms with E-state index in [4.69, 9.17) is 9.47 Å². The smallest absolute Gasteiger partial charge is 0.124 e. The quantitative estimate of drug-likeness (QED) is 0.768. The molecule has 0 radical (unpaired) electrons. The number of para-hydroxylation sites is 1. The van der Waals surface area contributed by atoms with Gasteiger partial charge in [-0.05, 0) is 31.4 Å². The summed E-state index contributed by atoms with van der Waals surface area (Å²) in [6.07, 6.45) is 2.72. The van der Waals surface area contributed by atoms with Crippen LogP contribution in [0.5, 0.6) is 5.75 Å². The van der Waals surface area contributed by atoms with E-state index in [9.17, 15) is 0 Å². The van der Waals surface area contributed by atoms with Gasteiger partial charge in [0.05, 0.1) is 19.8 Å². The molecule has 0 bridgehead atoms. The summed E-state index contributed by atoms with van der Waals surface area (Å²) >= 11 is 0. The monoisotopic (exact) mass is 249 g/mol. The van der Waals surface area contributed by atoms with E-state index in [0.717, 1.165) is 36.9 Å². The fraction of sp³-hybridized carbons (Fsp3) is 0.600. The van der Waals surface area contributed by atoms with Gasteiger partial charge in [0, 0.05) is 12.1 Å². The van der Waals surface area contributed by atoms with Crippen LogP contribution in [0.2, 0.25) is 0 Å². The van der Waals surface area contributed by atoms with E-state index < -0.39 is 0 Å². The molecule has 100 valence electrons. The Labute approximate surface area is 109 Å². The van der Waals surface area contributed by atoms with Gasteiger partial charge >= 0.3 is 0 Å². The SMILES string of the molecule is CCNCC(OCC1CC1)c1ccccc1OC. The molecule has 3 heteroatoms. The fourth-order valence-corrected chi connectivity index (χ4v) is 2.00. The molecule has 2 rings (SSSR count). The number of benzene rings is 1. The van der Waals surface area contributed by atoms with Crippen LogP contribution in [0.4, 0.5) is 0 Å². The van der Waals surface area contributed by atoms with Gasteiger partial charge in [-0.2, -0.15) is 0 Å². The molecule has 0 aromatic heterocycles. The van der Waals surface area contributed by atoms with Gasteiger partial charge in [-0.15, -0.1) is 0 Å². The topological polar surface area (TPSA) is 30.5 Å². The molecule has 1 fully saturated rings. The Bertz CT molecular complexity index is 363. The van der Waals surface area contributed by atoms with Gasteiger partial charge < -0.3 is 14.8 Å². The molecule has 1 aromatic rings. The minimum absolute atomic E-state index is 0.0849. The number of hydrogen-bond donors (Lipinski definition) is 1. The van der Waals surface area contributed by atoms with Crippen molar-refractivity contribution in [2.75, 3.05) is 26.8 Å². The summed E-state index contributed by atoms with van der Waals surface area (Å²) < 4.78 is 11.5. The van der Waals surface area contributed by atoms with Crippen LogP contribution in [-0.2, 0) is 4.74 Å². The van der Waals surface area contributed by atoms with Gasteiger partial charge in [-0.3, -0.25) is 0 Å². The van der Waals surface area contributed by atoms with Crippen molar-refractivity contribution in [2.45, 2.75) is 25.9 Å². The van der Waals surface area contributed by atoms with Crippen LogP contribution in [0, 0.1) is 5.92 Å². The van der Waals surface area contributed by atoms with Crippen LogP contribution < -0.4 is 10.1 Å². The molecular formula is C15H23NO2. The molecule has 0 amide bonds. The largest absolute Gasteiger partial charge is 0.496 e. The fourth-order valence-electron chi connectivity index (χ4n) is 2.00. The molecule has 18 heavy (non-hydrogen) atoms. The highest BCUT2D eigenvalue weighted by Crippen LogP contribution is 2.33. The lowest BCUT2D eigenvalue weighted by atomic mass is 10.1. The molecule has 1 unspecified atom stereocenters. The summed E-state index contributed by atoms with van der Waals surface area (Å²) in [7, 11) is 1.71.